The summed E-state index contributed by atoms with van der Waals surface area (Å²) >= 11 is 1.59. The predicted octanol–water partition coefficient (Wildman–Crippen LogP) is 2.99. The van der Waals surface area contributed by atoms with Gasteiger partial charge in [0.05, 0.1) is 5.69 Å². The Kier molecular flexibility index (Phi) is 4.96. The van der Waals surface area contributed by atoms with Gasteiger partial charge in [-0.1, -0.05) is 18.7 Å². The van der Waals surface area contributed by atoms with Crippen molar-refractivity contribution in [2.24, 2.45) is 0 Å². The highest BCUT2D eigenvalue weighted by molar-refractivity contribution is 7.98. The van der Waals surface area contributed by atoms with Crippen molar-refractivity contribution in [3.63, 3.8) is 0 Å². The SMILES string of the molecule is CCCNc1ccnc(CSc2ncccn2)c1. The van der Waals surface area contributed by atoms with E-state index >= 15 is 0 Å². The van der Waals surface area contributed by atoms with Crippen molar-refractivity contribution in [3.8, 4) is 0 Å². The summed E-state index contributed by atoms with van der Waals surface area (Å²) in [4.78, 5) is 12.7. The zero-order valence-electron chi connectivity index (χ0n) is 10.3. The van der Waals surface area contributed by atoms with Gasteiger partial charge in [0.25, 0.3) is 0 Å². The van der Waals surface area contributed by atoms with Crippen molar-refractivity contribution in [1.82, 2.24) is 15.0 Å². The summed E-state index contributed by atoms with van der Waals surface area (Å²) in [5.41, 5.74) is 2.16. The quantitative estimate of drug-likeness (QED) is 0.639. The summed E-state index contributed by atoms with van der Waals surface area (Å²) in [7, 11) is 0. The average molecular weight is 260 g/mol. The first-order valence-corrected chi connectivity index (χ1v) is 6.95. The fraction of sp³-hybridized carbons (Fsp3) is 0.308. The van der Waals surface area contributed by atoms with Gasteiger partial charge in [0, 0.05) is 36.6 Å². The van der Waals surface area contributed by atoms with Crippen LogP contribution in [0.5, 0.6) is 0 Å². The molecule has 0 fully saturated rings. The molecule has 0 saturated carbocycles. The van der Waals surface area contributed by atoms with Crippen LogP contribution in [0.1, 0.15) is 19.0 Å². The zero-order valence-corrected chi connectivity index (χ0v) is 11.2. The standard InChI is InChI=1S/C13H16N4S/c1-2-5-14-11-4-8-15-12(9-11)10-18-13-16-6-3-7-17-13/h3-4,6-9H,2,5,10H2,1H3,(H,14,15). The second-order valence-corrected chi connectivity index (χ2v) is 4.73. The molecular weight excluding hydrogens is 244 g/mol. The third kappa shape index (κ3) is 4.00. The molecule has 0 amide bonds. The molecule has 0 radical (unpaired) electrons. The molecule has 2 rings (SSSR count). The molecule has 0 bridgehead atoms. The van der Waals surface area contributed by atoms with Gasteiger partial charge in [0.15, 0.2) is 5.16 Å². The van der Waals surface area contributed by atoms with Crippen LogP contribution >= 0.6 is 11.8 Å². The highest BCUT2D eigenvalue weighted by Gasteiger charge is 2.00. The van der Waals surface area contributed by atoms with E-state index in [0.717, 1.165) is 35.3 Å². The van der Waals surface area contributed by atoms with Crippen LogP contribution in [0.4, 0.5) is 5.69 Å². The first kappa shape index (κ1) is 12.8. The van der Waals surface area contributed by atoms with Gasteiger partial charge in [0.2, 0.25) is 0 Å². The summed E-state index contributed by atoms with van der Waals surface area (Å²) in [6.45, 7) is 3.14. The normalized spacial score (nSPS) is 10.3. The molecular formula is C13H16N4S. The van der Waals surface area contributed by atoms with Crippen molar-refractivity contribution in [2.45, 2.75) is 24.3 Å². The lowest BCUT2D eigenvalue weighted by molar-refractivity contribution is 0.963. The van der Waals surface area contributed by atoms with Gasteiger partial charge in [-0.3, -0.25) is 4.98 Å². The summed E-state index contributed by atoms with van der Waals surface area (Å²) in [5.74, 6) is 0.783. The van der Waals surface area contributed by atoms with E-state index in [2.05, 4.69) is 33.3 Å². The van der Waals surface area contributed by atoms with Gasteiger partial charge in [0.1, 0.15) is 0 Å². The second kappa shape index (κ2) is 6.96. The Morgan fingerprint density at radius 3 is 2.78 bits per heavy atom. The van der Waals surface area contributed by atoms with Crippen LogP contribution in [0.3, 0.4) is 0 Å². The van der Waals surface area contributed by atoms with Gasteiger partial charge in [-0.15, -0.1) is 0 Å². The van der Waals surface area contributed by atoms with E-state index in [0.29, 0.717) is 0 Å². The monoisotopic (exact) mass is 260 g/mol. The molecule has 0 aliphatic heterocycles. The number of rotatable bonds is 6. The lowest BCUT2D eigenvalue weighted by atomic mass is 10.3. The minimum absolute atomic E-state index is 0.783. The Morgan fingerprint density at radius 2 is 2.00 bits per heavy atom. The molecule has 2 aromatic heterocycles. The van der Waals surface area contributed by atoms with Crippen LogP contribution in [-0.4, -0.2) is 21.5 Å². The Hall–Kier alpha value is -1.62. The molecule has 2 aromatic rings. The van der Waals surface area contributed by atoms with Crippen LogP contribution in [-0.2, 0) is 5.75 Å². The van der Waals surface area contributed by atoms with E-state index in [1.54, 1.807) is 24.2 Å². The molecule has 0 aromatic carbocycles. The number of anilines is 1. The summed E-state index contributed by atoms with van der Waals surface area (Å²) in [6.07, 6.45) is 6.45. The first-order chi connectivity index (χ1) is 8.88. The molecule has 1 N–H and O–H groups in total. The van der Waals surface area contributed by atoms with E-state index in [1.807, 2.05) is 18.3 Å². The van der Waals surface area contributed by atoms with E-state index in [1.165, 1.54) is 0 Å². The van der Waals surface area contributed by atoms with Crippen LogP contribution in [0.25, 0.3) is 0 Å². The minimum atomic E-state index is 0.783. The number of nitrogens with one attached hydrogen (secondary N) is 1. The smallest absolute Gasteiger partial charge is 0.187 e. The Balaban J connectivity index is 1.93. The Bertz CT molecular complexity index is 475. The number of hydrogen-bond acceptors (Lipinski definition) is 5. The van der Waals surface area contributed by atoms with Crippen LogP contribution < -0.4 is 5.32 Å². The average Bonchev–Trinajstić information content (AvgIpc) is 2.44. The van der Waals surface area contributed by atoms with Crippen molar-refractivity contribution >= 4 is 17.4 Å². The number of nitrogens with zero attached hydrogens (tertiary/aromatic N) is 3. The number of aromatic nitrogens is 3. The van der Waals surface area contributed by atoms with Crippen molar-refractivity contribution in [2.75, 3.05) is 11.9 Å². The Morgan fingerprint density at radius 1 is 1.17 bits per heavy atom. The lowest BCUT2D eigenvalue weighted by Crippen LogP contribution is -2.00. The molecule has 0 spiro atoms. The molecule has 18 heavy (non-hydrogen) atoms. The first-order valence-electron chi connectivity index (χ1n) is 5.97. The maximum absolute atomic E-state index is 4.35. The zero-order chi connectivity index (χ0) is 12.6. The molecule has 2 heterocycles. The second-order valence-electron chi connectivity index (χ2n) is 3.78. The lowest BCUT2D eigenvalue weighted by Gasteiger charge is -2.06. The molecule has 4 nitrogen and oxygen atoms in total. The van der Waals surface area contributed by atoms with Gasteiger partial charge >= 0.3 is 0 Å². The maximum atomic E-state index is 4.35. The maximum Gasteiger partial charge on any atom is 0.187 e. The number of pyridine rings is 1. The van der Waals surface area contributed by atoms with Gasteiger partial charge in [-0.05, 0) is 24.6 Å². The summed E-state index contributed by atoms with van der Waals surface area (Å²) < 4.78 is 0. The largest absolute Gasteiger partial charge is 0.385 e. The van der Waals surface area contributed by atoms with E-state index in [4.69, 9.17) is 0 Å². The van der Waals surface area contributed by atoms with Crippen LogP contribution in [0, 0.1) is 0 Å². The van der Waals surface area contributed by atoms with Crippen LogP contribution in [0.15, 0.2) is 41.9 Å². The van der Waals surface area contributed by atoms with Crippen molar-refractivity contribution < 1.29 is 0 Å². The molecule has 0 atom stereocenters. The van der Waals surface area contributed by atoms with Crippen LogP contribution in [0.2, 0.25) is 0 Å². The minimum Gasteiger partial charge on any atom is -0.385 e. The third-order valence-corrected chi connectivity index (χ3v) is 3.20. The predicted molar refractivity (Wildman–Crippen MR) is 74.6 cm³/mol. The van der Waals surface area contributed by atoms with Gasteiger partial charge < -0.3 is 5.32 Å². The highest BCUT2D eigenvalue weighted by Crippen LogP contribution is 2.18. The third-order valence-electron chi connectivity index (χ3n) is 2.29. The summed E-state index contributed by atoms with van der Waals surface area (Å²) in [5, 5.41) is 4.14. The van der Waals surface area contributed by atoms with Gasteiger partial charge in [-0.2, -0.15) is 0 Å². The van der Waals surface area contributed by atoms with E-state index in [-0.39, 0.29) is 0 Å². The molecule has 0 unspecified atom stereocenters. The number of thioether (sulfide) groups is 1. The molecule has 0 aliphatic rings. The van der Waals surface area contributed by atoms with Crippen molar-refractivity contribution in [1.29, 1.82) is 0 Å². The highest BCUT2D eigenvalue weighted by atomic mass is 32.2. The molecule has 0 aliphatic carbocycles. The topological polar surface area (TPSA) is 50.7 Å². The fourth-order valence-corrected chi connectivity index (χ4v) is 2.14. The van der Waals surface area contributed by atoms with E-state index < -0.39 is 0 Å². The van der Waals surface area contributed by atoms with E-state index in [9.17, 15) is 0 Å². The van der Waals surface area contributed by atoms with Gasteiger partial charge in [-0.25, -0.2) is 9.97 Å². The molecule has 94 valence electrons. The number of hydrogen-bond donors (Lipinski definition) is 1. The fourth-order valence-electron chi connectivity index (χ4n) is 1.43. The van der Waals surface area contributed by atoms with Crippen molar-refractivity contribution in [3.05, 3.63) is 42.5 Å². The molecule has 5 heteroatoms. The summed E-state index contributed by atoms with van der Waals surface area (Å²) in [6, 6.07) is 5.88. The molecule has 0 saturated heterocycles. The Labute approximate surface area is 111 Å².